The highest BCUT2D eigenvalue weighted by atomic mass is 32.1. The average Bonchev–Trinajstić information content (AvgIpc) is 3.02. The van der Waals surface area contributed by atoms with Crippen molar-refractivity contribution in [2.24, 2.45) is 0 Å². The van der Waals surface area contributed by atoms with E-state index in [-0.39, 0.29) is 5.91 Å². The molecule has 0 saturated carbocycles. The number of nitrogens with one attached hydrogen (secondary N) is 1. The average molecular weight is 386 g/mol. The van der Waals surface area contributed by atoms with Crippen LogP contribution in [0, 0.1) is 0 Å². The molecular formula is C23H18N2O2S. The molecule has 4 rings (SSSR count). The zero-order valence-electron chi connectivity index (χ0n) is 15.0. The molecule has 1 saturated heterocycles. The number of hydrogen-bond acceptors (Lipinski definition) is 3. The molecule has 3 aromatic carbocycles. The molecule has 138 valence electrons. The molecule has 0 spiro atoms. The summed E-state index contributed by atoms with van der Waals surface area (Å²) in [6.45, 7) is 0.515. The summed E-state index contributed by atoms with van der Waals surface area (Å²) in [6.07, 6.45) is 1.79. The van der Waals surface area contributed by atoms with E-state index >= 15 is 0 Å². The summed E-state index contributed by atoms with van der Waals surface area (Å²) in [5.41, 5.74) is 3.20. The number of amides is 1. The Morgan fingerprint density at radius 2 is 1.54 bits per heavy atom. The summed E-state index contributed by atoms with van der Waals surface area (Å²) in [6, 6.07) is 27.0. The molecule has 1 aliphatic rings. The molecule has 0 radical (unpaired) electrons. The van der Waals surface area contributed by atoms with Crippen molar-refractivity contribution in [1.29, 1.82) is 0 Å². The fourth-order valence-corrected chi connectivity index (χ4v) is 3.21. The molecule has 0 atom stereocenters. The number of ether oxygens (including phenoxy) is 1. The second kappa shape index (κ2) is 8.06. The second-order valence-electron chi connectivity index (χ2n) is 6.31. The Bertz CT molecular complexity index is 1020. The van der Waals surface area contributed by atoms with Gasteiger partial charge in [-0.05, 0) is 53.7 Å². The van der Waals surface area contributed by atoms with E-state index in [1.54, 1.807) is 6.08 Å². The predicted molar refractivity (Wildman–Crippen MR) is 115 cm³/mol. The van der Waals surface area contributed by atoms with E-state index in [0.717, 1.165) is 22.6 Å². The molecular weight excluding hydrogens is 368 g/mol. The monoisotopic (exact) mass is 386 g/mol. The normalized spacial score (nSPS) is 15.0. The van der Waals surface area contributed by atoms with Gasteiger partial charge in [0.25, 0.3) is 5.91 Å². The van der Waals surface area contributed by atoms with Gasteiger partial charge >= 0.3 is 0 Å². The molecule has 4 nitrogen and oxygen atoms in total. The van der Waals surface area contributed by atoms with Gasteiger partial charge < -0.3 is 10.1 Å². The minimum absolute atomic E-state index is 0.166. The SMILES string of the molecule is O=C1/C(=C\c2ccc(OCc3ccccc3)cc2)NC(=S)N1c1ccccc1. The number of hydrogen-bond donors (Lipinski definition) is 1. The Kier molecular flexibility index (Phi) is 5.17. The Labute approximate surface area is 169 Å². The summed E-state index contributed by atoms with van der Waals surface area (Å²) >= 11 is 5.33. The van der Waals surface area contributed by atoms with Crippen molar-refractivity contribution in [2.75, 3.05) is 4.90 Å². The highest BCUT2D eigenvalue weighted by Gasteiger charge is 2.31. The van der Waals surface area contributed by atoms with E-state index in [4.69, 9.17) is 17.0 Å². The molecule has 3 aromatic rings. The number of carbonyl (C=O) groups excluding carboxylic acids is 1. The lowest BCUT2D eigenvalue weighted by molar-refractivity contribution is -0.113. The zero-order chi connectivity index (χ0) is 19.3. The first-order valence-corrected chi connectivity index (χ1v) is 9.30. The molecule has 0 aliphatic carbocycles. The first-order chi connectivity index (χ1) is 13.7. The van der Waals surface area contributed by atoms with Crippen molar-refractivity contribution in [1.82, 2.24) is 5.32 Å². The second-order valence-corrected chi connectivity index (χ2v) is 6.69. The summed E-state index contributed by atoms with van der Waals surface area (Å²) in [7, 11) is 0. The van der Waals surface area contributed by atoms with E-state index in [1.807, 2.05) is 84.9 Å². The standard InChI is InChI=1S/C23H18N2O2S/c26-22-21(24-23(28)25(22)19-9-5-2-6-10-19)15-17-11-13-20(14-12-17)27-16-18-7-3-1-4-8-18/h1-15H,16H2,(H,24,28)/b21-15+. The van der Waals surface area contributed by atoms with Gasteiger partial charge in [-0.1, -0.05) is 60.7 Å². The Balaban J connectivity index is 1.45. The van der Waals surface area contributed by atoms with Crippen LogP contribution in [0.1, 0.15) is 11.1 Å². The van der Waals surface area contributed by atoms with E-state index in [0.29, 0.717) is 17.4 Å². The summed E-state index contributed by atoms with van der Waals surface area (Å²) in [5.74, 6) is 0.610. The fourth-order valence-electron chi connectivity index (χ4n) is 2.91. The molecule has 0 unspecified atom stereocenters. The molecule has 1 heterocycles. The van der Waals surface area contributed by atoms with Crippen LogP contribution in [-0.2, 0) is 11.4 Å². The highest BCUT2D eigenvalue weighted by Crippen LogP contribution is 2.23. The zero-order valence-corrected chi connectivity index (χ0v) is 15.9. The topological polar surface area (TPSA) is 41.6 Å². The quantitative estimate of drug-likeness (QED) is 0.517. The molecule has 0 bridgehead atoms. The first kappa shape index (κ1) is 17.9. The number of anilines is 1. The van der Waals surface area contributed by atoms with Crippen molar-refractivity contribution < 1.29 is 9.53 Å². The Hall–Kier alpha value is -3.44. The van der Waals surface area contributed by atoms with Crippen LogP contribution in [0.4, 0.5) is 5.69 Å². The lowest BCUT2D eigenvalue weighted by Crippen LogP contribution is -2.30. The number of benzene rings is 3. The van der Waals surface area contributed by atoms with Crippen molar-refractivity contribution in [3.63, 3.8) is 0 Å². The molecule has 1 fully saturated rings. The van der Waals surface area contributed by atoms with Crippen molar-refractivity contribution in [2.45, 2.75) is 6.61 Å². The van der Waals surface area contributed by atoms with Crippen molar-refractivity contribution in [3.8, 4) is 5.75 Å². The lowest BCUT2D eigenvalue weighted by Gasteiger charge is -2.13. The Morgan fingerprint density at radius 3 is 2.21 bits per heavy atom. The molecule has 28 heavy (non-hydrogen) atoms. The van der Waals surface area contributed by atoms with Crippen LogP contribution in [0.3, 0.4) is 0 Å². The maximum atomic E-state index is 12.7. The predicted octanol–water partition coefficient (Wildman–Crippen LogP) is 4.53. The third kappa shape index (κ3) is 3.94. The smallest absolute Gasteiger partial charge is 0.281 e. The molecule has 1 N–H and O–H groups in total. The number of nitrogens with zero attached hydrogens (tertiary/aromatic N) is 1. The largest absolute Gasteiger partial charge is 0.489 e. The van der Waals surface area contributed by atoms with Gasteiger partial charge in [-0.25, -0.2) is 0 Å². The third-order valence-electron chi connectivity index (χ3n) is 4.33. The number of para-hydroxylation sites is 1. The van der Waals surface area contributed by atoms with Gasteiger partial charge in [-0.2, -0.15) is 0 Å². The summed E-state index contributed by atoms with van der Waals surface area (Å²) < 4.78 is 5.80. The number of thiocarbonyl (C=S) groups is 1. The fraction of sp³-hybridized carbons (Fsp3) is 0.0435. The van der Waals surface area contributed by atoms with Crippen LogP contribution in [0.25, 0.3) is 6.08 Å². The van der Waals surface area contributed by atoms with Gasteiger partial charge in [-0.3, -0.25) is 9.69 Å². The van der Waals surface area contributed by atoms with Crippen LogP contribution in [0.15, 0.2) is 90.6 Å². The van der Waals surface area contributed by atoms with Gasteiger partial charge in [-0.15, -0.1) is 0 Å². The number of carbonyl (C=O) groups is 1. The third-order valence-corrected chi connectivity index (χ3v) is 4.62. The minimum Gasteiger partial charge on any atom is -0.489 e. The van der Waals surface area contributed by atoms with Gasteiger partial charge in [0.05, 0.1) is 5.69 Å². The maximum Gasteiger partial charge on any atom is 0.281 e. The molecule has 5 heteroatoms. The van der Waals surface area contributed by atoms with E-state index in [9.17, 15) is 4.79 Å². The highest BCUT2D eigenvalue weighted by molar-refractivity contribution is 7.80. The van der Waals surface area contributed by atoms with Crippen LogP contribution >= 0.6 is 12.2 Å². The van der Waals surface area contributed by atoms with E-state index in [1.165, 1.54) is 4.90 Å². The summed E-state index contributed by atoms with van der Waals surface area (Å²) in [5, 5.41) is 3.38. The first-order valence-electron chi connectivity index (χ1n) is 8.90. The summed E-state index contributed by atoms with van der Waals surface area (Å²) in [4.78, 5) is 14.2. The van der Waals surface area contributed by atoms with E-state index in [2.05, 4.69) is 5.32 Å². The number of rotatable bonds is 5. The molecule has 1 amide bonds. The van der Waals surface area contributed by atoms with Crippen LogP contribution in [-0.4, -0.2) is 11.0 Å². The lowest BCUT2D eigenvalue weighted by atomic mass is 10.2. The van der Waals surface area contributed by atoms with Gasteiger partial charge in [0.15, 0.2) is 5.11 Å². The van der Waals surface area contributed by atoms with Crippen LogP contribution in [0.5, 0.6) is 5.75 Å². The van der Waals surface area contributed by atoms with Crippen molar-refractivity contribution >= 4 is 35.0 Å². The molecule has 1 aliphatic heterocycles. The van der Waals surface area contributed by atoms with Gasteiger partial charge in [0.1, 0.15) is 18.1 Å². The van der Waals surface area contributed by atoms with E-state index < -0.39 is 0 Å². The van der Waals surface area contributed by atoms with Crippen LogP contribution < -0.4 is 15.0 Å². The Morgan fingerprint density at radius 1 is 0.893 bits per heavy atom. The van der Waals surface area contributed by atoms with Gasteiger partial charge in [0.2, 0.25) is 0 Å². The minimum atomic E-state index is -0.166. The van der Waals surface area contributed by atoms with Crippen molar-refractivity contribution in [3.05, 3.63) is 102 Å². The molecule has 0 aromatic heterocycles. The maximum absolute atomic E-state index is 12.7. The van der Waals surface area contributed by atoms with Crippen LogP contribution in [0.2, 0.25) is 0 Å². The van der Waals surface area contributed by atoms with Gasteiger partial charge in [0, 0.05) is 0 Å².